The fraction of sp³-hybridized carbons (Fsp3) is 0.136. The van der Waals surface area contributed by atoms with Crippen molar-refractivity contribution in [1.29, 1.82) is 0 Å². The Labute approximate surface area is 175 Å². The van der Waals surface area contributed by atoms with Gasteiger partial charge >= 0.3 is 0 Å². The topological polar surface area (TPSA) is 75.3 Å². The lowest BCUT2D eigenvalue weighted by atomic mass is 10.0. The summed E-state index contributed by atoms with van der Waals surface area (Å²) in [6, 6.07) is 22.4. The number of amides is 1. The van der Waals surface area contributed by atoms with Crippen LogP contribution < -0.4 is 10.0 Å². The summed E-state index contributed by atoms with van der Waals surface area (Å²) in [5.74, 6) is -0.111. The molecular weight excluding hydrogens is 408 g/mol. The molecule has 0 saturated carbocycles. The van der Waals surface area contributed by atoms with Crippen molar-refractivity contribution in [3.05, 3.63) is 95.0 Å². The van der Waals surface area contributed by atoms with E-state index in [9.17, 15) is 13.2 Å². The van der Waals surface area contributed by atoms with Crippen LogP contribution in [0.25, 0.3) is 0 Å². The number of rotatable bonds is 7. The van der Waals surface area contributed by atoms with E-state index in [4.69, 9.17) is 11.6 Å². The van der Waals surface area contributed by atoms with E-state index in [0.29, 0.717) is 12.1 Å². The van der Waals surface area contributed by atoms with E-state index in [0.717, 1.165) is 5.56 Å². The molecular formula is C22H21ClN2O3S. The molecule has 0 bridgehead atoms. The number of sulfonamides is 1. The van der Waals surface area contributed by atoms with E-state index in [1.54, 1.807) is 18.2 Å². The van der Waals surface area contributed by atoms with Gasteiger partial charge in [0.05, 0.1) is 15.6 Å². The summed E-state index contributed by atoms with van der Waals surface area (Å²) in [6.45, 7) is 2.51. The molecule has 0 heterocycles. The average molecular weight is 429 g/mol. The van der Waals surface area contributed by atoms with E-state index in [1.807, 2.05) is 37.3 Å². The van der Waals surface area contributed by atoms with Gasteiger partial charge in [0.2, 0.25) is 0 Å². The normalized spacial score (nSPS) is 12.2. The molecule has 3 rings (SSSR count). The zero-order chi connectivity index (χ0) is 20.9. The number of hydrogen-bond acceptors (Lipinski definition) is 3. The van der Waals surface area contributed by atoms with E-state index >= 15 is 0 Å². The molecule has 0 saturated heterocycles. The van der Waals surface area contributed by atoms with Crippen LogP contribution in [0.2, 0.25) is 5.02 Å². The molecule has 150 valence electrons. The molecule has 0 aliphatic rings. The molecule has 5 nitrogen and oxygen atoms in total. The standard InChI is InChI=1S/C22H21ClN2O3S/c1-16(17-8-4-2-5-9-17)15-24-22(26)18-12-13-21(20(23)14-18)25-29(27,28)19-10-6-3-7-11-19/h2-14,16,25H,15H2,1H3,(H,24,26)/t16-/m0/s1. The summed E-state index contributed by atoms with van der Waals surface area (Å²) in [7, 11) is -3.76. The second kappa shape index (κ2) is 9.11. The van der Waals surface area contributed by atoms with Gasteiger partial charge in [0, 0.05) is 12.1 Å². The van der Waals surface area contributed by atoms with Gasteiger partial charge in [-0.25, -0.2) is 8.42 Å². The molecule has 2 N–H and O–H groups in total. The SMILES string of the molecule is C[C@@H](CNC(=O)c1ccc(NS(=O)(=O)c2ccccc2)c(Cl)c1)c1ccccc1. The average Bonchev–Trinajstić information content (AvgIpc) is 2.74. The van der Waals surface area contributed by atoms with Crippen molar-refractivity contribution in [3.8, 4) is 0 Å². The predicted molar refractivity (Wildman–Crippen MR) is 116 cm³/mol. The lowest BCUT2D eigenvalue weighted by Crippen LogP contribution is -2.27. The third-order valence-corrected chi connectivity index (χ3v) is 6.16. The molecule has 0 spiro atoms. The Kier molecular flexibility index (Phi) is 6.56. The van der Waals surface area contributed by atoms with Crippen LogP contribution in [0.4, 0.5) is 5.69 Å². The molecule has 0 fully saturated rings. The summed E-state index contributed by atoms with van der Waals surface area (Å²) in [6.07, 6.45) is 0. The number of anilines is 1. The summed E-state index contributed by atoms with van der Waals surface area (Å²) in [5, 5.41) is 3.03. The van der Waals surface area contributed by atoms with Crippen LogP contribution in [0.1, 0.15) is 28.8 Å². The zero-order valence-corrected chi connectivity index (χ0v) is 17.4. The number of hydrogen-bond donors (Lipinski definition) is 2. The monoisotopic (exact) mass is 428 g/mol. The van der Waals surface area contributed by atoms with Crippen LogP contribution in [0, 0.1) is 0 Å². The maximum absolute atomic E-state index is 12.4. The van der Waals surface area contributed by atoms with Crippen LogP contribution in [0.3, 0.4) is 0 Å². The van der Waals surface area contributed by atoms with Gasteiger partial charge in [-0.05, 0) is 41.8 Å². The van der Waals surface area contributed by atoms with Gasteiger partial charge in [-0.1, -0.05) is 67.1 Å². The second-order valence-electron chi connectivity index (χ2n) is 6.63. The zero-order valence-electron chi connectivity index (χ0n) is 15.8. The van der Waals surface area contributed by atoms with Crippen molar-refractivity contribution in [1.82, 2.24) is 5.32 Å². The first-order chi connectivity index (χ1) is 13.9. The molecule has 0 radical (unpaired) electrons. The van der Waals surface area contributed by atoms with Crippen LogP contribution in [0.15, 0.2) is 83.8 Å². The third kappa shape index (κ3) is 5.37. The molecule has 7 heteroatoms. The van der Waals surface area contributed by atoms with Crippen molar-refractivity contribution >= 4 is 33.2 Å². The molecule has 1 amide bonds. The Balaban J connectivity index is 1.66. The molecule has 0 aromatic heterocycles. The van der Waals surface area contributed by atoms with Gasteiger partial charge in [-0.2, -0.15) is 0 Å². The largest absolute Gasteiger partial charge is 0.351 e. The van der Waals surface area contributed by atoms with Crippen LogP contribution >= 0.6 is 11.6 Å². The number of carbonyl (C=O) groups excluding carboxylic acids is 1. The van der Waals surface area contributed by atoms with Gasteiger partial charge in [0.15, 0.2) is 0 Å². The first-order valence-corrected chi connectivity index (χ1v) is 10.9. The fourth-order valence-electron chi connectivity index (χ4n) is 2.79. The minimum atomic E-state index is -3.76. The predicted octanol–water partition coefficient (Wildman–Crippen LogP) is 4.67. The van der Waals surface area contributed by atoms with Crippen LogP contribution in [-0.2, 0) is 10.0 Å². The molecule has 3 aromatic rings. The van der Waals surface area contributed by atoms with Crippen molar-refractivity contribution in [3.63, 3.8) is 0 Å². The van der Waals surface area contributed by atoms with E-state index in [-0.39, 0.29) is 27.4 Å². The van der Waals surface area contributed by atoms with Gasteiger partial charge in [-0.3, -0.25) is 9.52 Å². The molecule has 0 aliphatic heterocycles. The Bertz CT molecular complexity index is 1090. The Morgan fingerprint density at radius 1 is 0.966 bits per heavy atom. The highest BCUT2D eigenvalue weighted by Gasteiger charge is 2.17. The number of carbonyl (C=O) groups is 1. The van der Waals surface area contributed by atoms with Crippen LogP contribution in [-0.4, -0.2) is 20.9 Å². The van der Waals surface area contributed by atoms with E-state index < -0.39 is 10.0 Å². The Hall–Kier alpha value is -2.83. The molecule has 0 aliphatic carbocycles. The fourth-order valence-corrected chi connectivity index (χ4v) is 4.17. The molecule has 29 heavy (non-hydrogen) atoms. The third-order valence-electron chi connectivity index (χ3n) is 4.47. The first-order valence-electron chi connectivity index (χ1n) is 9.07. The second-order valence-corrected chi connectivity index (χ2v) is 8.72. The first kappa shape index (κ1) is 20.9. The van der Waals surface area contributed by atoms with Crippen LogP contribution in [0.5, 0.6) is 0 Å². The van der Waals surface area contributed by atoms with Crippen molar-refractivity contribution in [2.24, 2.45) is 0 Å². The highest BCUT2D eigenvalue weighted by Crippen LogP contribution is 2.26. The van der Waals surface area contributed by atoms with E-state index in [2.05, 4.69) is 10.0 Å². The highest BCUT2D eigenvalue weighted by molar-refractivity contribution is 7.92. The Morgan fingerprint density at radius 3 is 2.21 bits per heavy atom. The highest BCUT2D eigenvalue weighted by atomic mass is 35.5. The van der Waals surface area contributed by atoms with Crippen molar-refractivity contribution in [2.75, 3.05) is 11.3 Å². The quantitative estimate of drug-likeness (QED) is 0.574. The van der Waals surface area contributed by atoms with Crippen molar-refractivity contribution in [2.45, 2.75) is 17.7 Å². The summed E-state index contributed by atoms with van der Waals surface area (Å²) < 4.78 is 27.3. The van der Waals surface area contributed by atoms with Gasteiger partial charge in [0.25, 0.3) is 15.9 Å². The van der Waals surface area contributed by atoms with Gasteiger partial charge in [-0.15, -0.1) is 0 Å². The summed E-state index contributed by atoms with van der Waals surface area (Å²) in [4.78, 5) is 12.6. The Morgan fingerprint density at radius 2 is 1.59 bits per heavy atom. The maximum atomic E-state index is 12.4. The lowest BCUT2D eigenvalue weighted by Gasteiger charge is -2.14. The minimum Gasteiger partial charge on any atom is -0.351 e. The maximum Gasteiger partial charge on any atom is 0.261 e. The summed E-state index contributed by atoms with van der Waals surface area (Å²) in [5.41, 5.74) is 1.71. The molecule has 1 atom stereocenters. The molecule has 0 unspecified atom stereocenters. The smallest absolute Gasteiger partial charge is 0.261 e. The number of benzene rings is 3. The number of halogens is 1. The summed E-state index contributed by atoms with van der Waals surface area (Å²) >= 11 is 6.22. The molecule has 3 aromatic carbocycles. The van der Waals surface area contributed by atoms with Gasteiger partial charge in [0.1, 0.15) is 0 Å². The number of nitrogens with one attached hydrogen (secondary N) is 2. The minimum absolute atomic E-state index is 0.132. The van der Waals surface area contributed by atoms with Crippen molar-refractivity contribution < 1.29 is 13.2 Å². The van der Waals surface area contributed by atoms with E-state index in [1.165, 1.54) is 30.3 Å². The lowest BCUT2D eigenvalue weighted by molar-refractivity contribution is 0.0951. The van der Waals surface area contributed by atoms with Gasteiger partial charge < -0.3 is 5.32 Å².